The van der Waals surface area contributed by atoms with Crippen LogP contribution >= 0.6 is 11.6 Å². The van der Waals surface area contributed by atoms with Gasteiger partial charge in [-0.05, 0) is 54.4 Å². The van der Waals surface area contributed by atoms with Gasteiger partial charge in [0, 0.05) is 12.2 Å². The maximum Gasteiger partial charge on any atom is 0.269 e. The van der Waals surface area contributed by atoms with Crippen LogP contribution in [0.3, 0.4) is 0 Å². The van der Waals surface area contributed by atoms with E-state index in [4.69, 9.17) is 16.3 Å². The van der Waals surface area contributed by atoms with Gasteiger partial charge < -0.3 is 15.4 Å². The lowest BCUT2D eigenvalue weighted by Crippen LogP contribution is -2.26. The number of benzene rings is 2. The fourth-order valence-electron chi connectivity index (χ4n) is 2.55. The van der Waals surface area contributed by atoms with E-state index < -0.39 is 5.82 Å². The molecule has 0 aliphatic heterocycles. The second-order valence-corrected chi connectivity index (χ2v) is 6.45. The fraction of sp³-hybridized carbons (Fsp3) is 0.143. The van der Waals surface area contributed by atoms with Gasteiger partial charge in [-0.2, -0.15) is 0 Å². The molecule has 0 atom stereocenters. The number of nitrogens with zero attached hydrogens (tertiary/aromatic N) is 1. The number of rotatable bonds is 7. The predicted molar refractivity (Wildman–Crippen MR) is 108 cm³/mol. The number of hydrogen-bond acceptors (Lipinski definition) is 4. The van der Waals surface area contributed by atoms with Crippen molar-refractivity contribution in [2.24, 2.45) is 0 Å². The summed E-state index contributed by atoms with van der Waals surface area (Å²) in [5.74, 6) is 0.0745. The van der Waals surface area contributed by atoms with E-state index in [-0.39, 0.29) is 10.9 Å². The van der Waals surface area contributed by atoms with Crippen molar-refractivity contribution in [1.29, 1.82) is 0 Å². The molecule has 0 unspecified atom stereocenters. The largest absolute Gasteiger partial charge is 0.497 e. The number of anilines is 2. The molecule has 7 heteroatoms. The highest BCUT2D eigenvalue weighted by Crippen LogP contribution is 2.22. The number of aromatic nitrogens is 1. The number of halogens is 2. The number of nitrogens with one attached hydrogen (secondary N) is 2. The summed E-state index contributed by atoms with van der Waals surface area (Å²) in [4.78, 5) is 16.4. The minimum atomic E-state index is -0.480. The highest BCUT2D eigenvalue weighted by atomic mass is 35.5. The van der Waals surface area contributed by atoms with E-state index in [9.17, 15) is 9.18 Å². The first-order valence-electron chi connectivity index (χ1n) is 8.64. The third-order valence-corrected chi connectivity index (χ3v) is 4.35. The lowest BCUT2D eigenvalue weighted by molar-refractivity contribution is 0.0949. The lowest BCUT2D eigenvalue weighted by atomic mass is 10.1. The molecule has 0 fully saturated rings. The third kappa shape index (κ3) is 5.20. The van der Waals surface area contributed by atoms with Gasteiger partial charge in [0.2, 0.25) is 0 Å². The van der Waals surface area contributed by atoms with Crippen molar-refractivity contribution in [2.75, 3.05) is 19.0 Å². The van der Waals surface area contributed by atoms with Gasteiger partial charge in [0.1, 0.15) is 17.3 Å². The standard InChI is InChI=1S/C21H19ClFN3O2/c1-28-17-6-2-14(3-7-17)10-11-24-21(27)20-9-5-16(13-25-20)26-15-4-8-19(23)18(22)12-15/h2-9,12-13,26H,10-11H2,1H3,(H,24,27). The first-order valence-corrected chi connectivity index (χ1v) is 9.02. The lowest BCUT2D eigenvalue weighted by Gasteiger charge is -2.08. The van der Waals surface area contributed by atoms with Crippen molar-refractivity contribution in [3.05, 3.63) is 82.9 Å². The summed E-state index contributed by atoms with van der Waals surface area (Å²) in [6.45, 7) is 0.501. The van der Waals surface area contributed by atoms with Crippen LogP contribution in [0, 0.1) is 5.82 Å². The van der Waals surface area contributed by atoms with Gasteiger partial charge in [0.05, 0.1) is 24.0 Å². The highest BCUT2D eigenvalue weighted by Gasteiger charge is 2.07. The molecule has 0 saturated heterocycles. The summed E-state index contributed by atoms with van der Waals surface area (Å²) in [5, 5.41) is 5.94. The maximum absolute atomic E-state index is 13.2. The minimum Gasteiger partial charge on any atom is -0.497 e. The smallest absolute Gasteiger partial charge is 0.269 e. The molecule has 1 aromatic heterocycles. The summed E-state index contributed by atoms with van der Waals surface area (Å²) in [6, 6.07) is 15.4. The Morgan fingerprint density at radius 2 is 1.86 bits per heavy atom. The number of pyridine rings is 1. The molecule has 3 aromatic rings. The zero-order chi connectivity index (χ0) is 19.9. The number of amides is 1. The summed E-state index contributed by atoms with van der Waals surface area (Å²) in [7, 11) is 1.62. The normalized spacial score (nSPS) is 10.4. The number of hydrogen-bond donors (Lipinski definition) is 2. The van der Waals surface area contributed by atoms with E-state index in [1.807, 2.05) is 24.3 Å². The average molecular weight is 400 g/mol. The highest BCUT2D eigenvalue weighted by molar-refractivity contribution is 6.31. The number of carbonyl (C=O) groups is 1. The zero-order valence-electron chi connectivity index (χ0n) is 15.2. The molecule has 0 bridgehead atoms. The molecular formula is C21H19ClFN3O2. The first-order chi connectivity index (χ1) is 13.5. The van der Waals surface area contributed by atoms with Crippen LogP contribution in [0.2, 0.25) is 5.02 Å². The van der Waals surface area contributed by atoms with Crippen LogP contribution in [-0.2, 0) is 6.42 Å². The second-order valence-electron chi connectivity index (χ2n) is 6.04. The number of ether oxygens (including phenoxy) is 1. The van der Waals surface area contributed by atoms with Crippen molar-refractivity contribution in [1.82, 2.24) is 10.3 Å². The molecule has 1 heterocycles. The Kier molecular flexibility index (Phi) is 6.45. The Hall–Kier alpha value is -3.12. The van der Waals surface area contributed by atoms with Crippen molar-refractivity contribution in [3.8, 4) is 5.75 Å². The fourth-order valence-corrected chi connectivity index (χ4v) is 2.73. The molecule has 0 saturated carbocycles. The van der Waals surface area contributed by atoms with Crippen LogP contribution in [0.5, 0.6) is 5.75 Å². The van der Waals surface area contributed by atoms with Gasteiger partial charge in [-0.1, -0.05) is 23.7 Å². The van der Waals surface area contributed by atoms with Crippen molar-refractivity contribution >= 4 is 28.9 Å². The molecule has 0 spiro atoms. The van der Waals surface area contributed by atoms with E-state index in [1.165, 1.54) is 18.3 Å². The van der Waals surface area contributed by atoms with E-state index >= 15 is 0 Å². The molecule has 3 rings (SSSR count). The summed E-state index contributed by atoms with van der Waals surface area (Å²) in [5.41, 5.74) is 2.71. The Morgan fingerprint density at radius 1 is 1.11 bits per heavy atom. The topological polar surface area (TPSA) is 63.2 Å². The molecule has 1 amide bonds. The van der Waals surface area contributed by atoms with Crippen LogP contribution in [0.1, 0.15) is 16.1 Å². The number of methoxy groups -OCH3 is 1. The quantitative estimate of drug-likeness (QED) is 0.609. The van der Waals surface area contributed by atoms with Crippen LogP contribution in [0.4, 0.5) is 15.8 Å². The SMILES string of the molecule is COc1ccc(CCNC(=O)c2ccc(Nc3ccc(F)c(Cl)c3)cn2)cc1. The third-order valence-electron chi connectivity index (χ3n) is 4.06. The molecule has 28 heavy (non-hydrogen) atoms. The molecule has 0 radical (unpaired) electrons. The Labute approximate surface area is 167 Å². The monoisotopic (exact) mass is 399 g/mol. The average Bonchev–Trinajstić information content (AvgIpc) is 2.72. The molecule has 2 N–H and O–H groups in total. The molecular weight excluding hydrogens is 381 g/mol. The summed E-state index contributed by atoms with van der Waals surface area (Å²) >= 11 is 5.76. The summed E-state index contributed by atoms with van der Waals surface area (Å²) in [6.07, 6.45) is 2.25. The Bertz CT molecular complexity index is 947. The van der Waals surface area contributed by atoms with Gasteiger partial charge in [-0.25, -0.2) is 9.37 Å². The van der Waals surface area contributed by atoms with Gasteiger partial charge in [-0.3, -0.25) is 4.79 Å². The molecule has 0 aliphatic carbocycles. The molecule has 5 nitrogen and oxygen atoms in total. The second kappa shape index (κ2) is 9.19. The number of carbonyl (C=O) groups excluding carboxylic acids is 1. The zero-order valence-corrected chi connectivity index (χ0v) is 16.0. The Morgan fingerprint density at radius 3 is 2.50 bits per heavy atom. The van der Waals surface area contributed by atoms with Gasteiger partial charge in [0.15, 0.2) is 0 Å². The van der Waals surface area contributed by atoms with E-state index in [0.29, 0.717) is 30.0 Å². The van der Waals surface area contributed by atoms with Crippen LogP contribution in [0.15, 0.2) is 60.8 Å². The van der Waals surface area contributed by atoms with Crippen molar-refractivity contribution in [2.45, 2.75) is 6.42 Å². The maximum atomic E-state index is 13.2. The Balaban J connectivity index is 1.52. The summed E-state index contributed by atoms with van der Waals surface area (Å²) < 4.78 is 18.3. The molecule has 2 aromatic carbocycles. The van der Waals surface area contributed by atoms with Crippen LogP contribution in [-0.4, -0.2) is 24.5 Å². The molecule has 144 valence electrons. The van der Waals surface area contributed by atoms with E-state index in [2.05, 4.69) is 15.6 Å². The molecule has 0 aliphatic rings. The van der Waals surface area contributed by atoms with Gasteiger partial charge in [-0.15, -0.1) is 0 Å². The van der Waals surface area contributed by atoms with Gasteiger partial charge >= 0.3 is 0 Å². The van der Waals surface area contributed by atoms with Crippen molar-refractivity contribution < 1.29 is 13.9 Å². The first kappa shape index (κ1) is 19.6. The van der Waals surface area contributed by atoms with Crippen molar-refractivity contribution in [3.63, 3.8) is 0 Å². The van der Waals surface area contributed by atoms with E-state index in [1.54, 1.807) is 25.3 Å². The van der Waals surface area contributed by atoms with Gasteiger partial charge in [0.25, 0.3) is 5.91 Å². The predicted octanol–water partition coefficient (Wildman–Crippen LogP) is 4.60. The van der Waals surface area contributed by atoms with Crippen LogP contribution < -0.4 is 15.4 Å². The van der Waals surface area contributed by atoms with E-state index in [0.717, 1.165) is 11.3 Å². The van der Waals surface area contributed by atoms with Crippen LogP contribution in [0.25, 0.3) is 0 Å². The minimum absolute atomic E-state index is 0.0332.